The van der Waals surface area contributed by atoms with Gasteiger partial charge in [0, 0.05) is 30.3 Å². The summed E-state index contributed by atoms with van der Waals surface area (Å²) in [6.45, 7) is 0.784. The highest BCUT2D eigenvalue weighted by Crippen LogP contribution is 2.42. The maximum absolute atomic E-state index is 12.5. The number of rotatable bonds is 10. The van der Waals surface area contributed by atoms with Crippen molar-refractivity contribution >= 4 is 0 Å². The van der Waals surface area contributed by atoms with Gasteiger partial charge in [0.25, 0.3) is 5.56 Å². The number of azide groups is 1. The number of benzene rings is 1. The van der Waals surface area contributed by atoms with E-state index in [0.29, 0.717) is 13.0 Å². The fraction of sp³-hybridized carbons (Fsp3) is 0.565. The molecule has 1 aromatic heterocycles. The first kappa shape index (κ1) is 25.1. The third-order valence-electron chi connectivity index (χ3n) is 6.22. The Kier molecular flexibility index (Phi) is 8.34. The second-order valence-corrected chi connectivity index (χ2v) is 8.61. The first-order valence-electron chi connectivity index (χ1n) is 11.6. The predicted molar refractivity (Wildman–Crippen MR) is 123 cm³/mol. The van der Waals surface area contributed by atoms with Gasteiger partial charge in [0.2, 0.25) is 0 Å². The predicted octanol–water partition coefficient (Wildman–Crippen LogP) is 1.99. The Morgan fingerprint density at radius 1 is 1.23 bits per heavy atom. The molecule has 0 bridgehead atoms. The summed E-state index contributed by atoms with van der Waals surface area (Å²) in [5.41, 5.74) is 7.15. The zero-order chi connectivity index (χ0) is 24.7. The van der Waals surface area contributed by atoms with Crippen molar-refractivity contribution in [1.82, 2.24) is 9.55 Å². The Bertz CT molecular complexity index is 1130. The molecule has 2 aromatic rings. The average molecular weight is 488 g/mol. The molecular weight excluding hydrogens is 458 g/mol. The third kappa shape index (κ3) is 5.99. The third-order valence-corrected chi connectivity index (χ3v) is 6.22. The molecule has 2 saturated heterocycles. The van der Waals surface area contributed by atoms with Crippen molar-refractivity contribution in [3.05, 3.63) is 79.4 Å². The number of nitrogens with one attached hydrogen (secondary N) is 1. The van der Waals surface area contributed by atoms with E-state index in [0.717, 1.165) is 23.0 Å². The van der Waals surface area contributed by atoms with Crippen LogP contribution in [0.4, 0.5) is 0 Å². The maximum atomic E-state index is 12.5. The van der Waals surface area contributed by atoms with Gasteiger partial charge in [-0.2, -0.15) is 0 Å². The number of aliphatic hydroxyl groups is 1. The molecule has 35 heavy (non-hydrogen) atoms. The van der Waals surface area contributed by atoms with E-state index >= 15 is 0 Å². The minimum absolute atomic E-state index is 0.0241. The van der Waals surface area contributed by atoms with Crippen LogP contribution in [0.5, 0.6) is 0 Å². The molecule has 0 radical (unpaired) electrons. The van der Waals surface area contributed by atoms with Gasteiger partial charge in [-0.05, 0) is 36.8 Å². The molecule has 188 valence electrons. The molecule has 0 saturated carbocycles. The van der Waals surface area contributed by atoms with Gasteiger partial charge in [-0.1, -0.05) is 35.4 Å². The van der Waals surface area contributed by atoms with E-state index < -0.39 is 41.6 Å². The number of aromatic amines is 1. The number of aliphatic hydroxyl groups excluding tert-OH is 1. The minimum atomic E-state index is -1.29. The molecule has 2 N–H and O–H groups in total. The van der Waals surface area contributed by atoms with Crippen LogP contribution in [-0.2, 0) is 25.6 Å². The number of hydrogen-bond acceptors (Lipinski definition) is 8. The van der Waals surface area contributed by atoms with Crippen LogP contribution in [0, 0.1) is 0 Å². The first-order chi connectivity index (χ1) is 17.0. The minimum Gasteiger partial charge on any atom is -0.386 e. The zero-order valence-electron chi connectivity index (χ0n) is 19.2. The molecule has 12 nitrogen and oxygen atoms in total. The normalized spacial score (nSPS) is 28.5. The molecule has 12 heteroatoms. The maximum Gasteiger partial charge on any atom is 0.330 e. The van der Waals surface area contributed by atoms with Gasteiger partial charge in [0.1, 0.15) is 17.8 Å². The van der Waals surface area contributed by atoms with Gasteiger partial charge in [-0.3, -0.25) is 14.3 Å². The first-order valence-corrected chi connectivity index (χ1v) is 11.6. The van der Waals surface area contributed by atoms with Crippen LogP contribution in [0.3, 0.4) is 0 Å². The van der Waals surface area contributed by atoms with Gasteiger partial charge in [-0.25, -0.2) is 4.79 Å². The van der Waals surface area contributed by atoms with Crippen LogP contribution in [0.25, 0.3) is 10.4 Å². The number of aromatic nitrogens is 2. The summed E-state index contributed by atoms with van der Waals surface area (Å²) in [4.78, 5) is 29.1. The van der Waals surface area contributed by atoms with E-state index in [4.69, 9.17) is 24.5 Å². The van der Waals surface area contributed by atoms with Crippen LogP contribution in [-0.4, -0.2) is 58.5 Å². The van der Waals surface area contributed by atoms with Crippen molar-refractivity contribution in [3.8, 4) is 0 Å². The Labute approximate surface area is 201 Å². The van der Waals surface area contributed by atoms with E-state index in [2.05, 4.69) is 15.0 Å². The molecule has 1 aromatic carbocycles. The summed E-state index contributed by atoms with van der Waals surface area (Å²) >= 11 is 0. The van der Waals surface area contributed by atoms with E-state index in [1.807, 2.05) is 30.3 Å². The fourth-order valence-electron chi connectivity index (χ4n) is 4.45. The molecule has 4 rings (SSSR count). The van der Waals surface area contributed by atoms with E-state index in [9.17, 15) is 14.7 Å². The van der Waals surface area contributed by atoms with Crippen molar-refractivity contribution in [1.29, 1.82) is 0 Å². The molecule has 3 heterocycles. The molecule has 2 fully saturated rings. The Morgan fingerprint density at radius 2 is 2.06 bits per heavy atom. The molecule has 0 spiro atoms. The van der Waals surface area contributed by atoms with Crippen LogP contribution in [0.2, 0.25) is 0 Å². The van der Waals surface area contributed by atoms with Crippen LogP contribution in [0.1, 0.15) is 37.5 Å². The number of ether oxygens (including phenoxy) is 4. The summed E-state index contributed by atoms with van der Waals surface area (Å²) in [6, 6.07) is 10.6. The van der Waals surface area contributed by atoms with E-state index in [1.165, 1.54) is 12.3 Å². The highest BCUT2D eigenvalue weighted by atomic mass is 16.7. The van der Waals surface area contributed by atoms with E-state index in [1.54, 1.807) is 0 Å². The summed E-state index contributed by atoms with van der Waals surface area (Å²) < 4.78 is 25.3. The Morgan fingerprint density at radius 3 is 2.77 bits per heavy atom. The summed E-state index contributed by atoms with van der Waals surface area (Å²) in [5.74, 6) is 0. The smallest absolute Gasteiger partial charge is 0.330 e. The highest BCUT2D eigenvalue weighted by Gasteiger charge is 2.56. The van der Waals surface area contributed by atoms with Crippen LogP contribution >= 0.6 is 0 Å². The van der Waals surface area contributed by atoms with Gasteiger partial charge < -0.3 is 24.1 Å². The monoisotopic (exact) mass is 487 g/mol. The quantitative estimate of drug-likeness (QED) is 0.294. The number of hydrogen-bond donors (Lipinski definition) is 2. The summed E-state index contributed by atoms with van der Waals surface area (Å²) in [7, 11) is 0. The lowest BCUT2D eigenvalue weighted by Gasteiger charge is -2.36. The SMILES string of the molecule is [N-]=[N+]=NCC[C@]1(COC2CCCCO2)O[C@@H](n2ccc(=O)[nH]c2=O)[C@@H](O)[C@H]1OCc1ccccc1. The molecule has 0 amide bonds. The summed E-state index contributed by atoms with van der Waals surface area (Å²) in [6.07, 6.45) is 0.223. The standard InChI is InChI=1S/C23H29N5O7/c24-27-25-11-10-23(15-34-18-8-4-5-13-32-18)20(33-14-16-6-2-1-3-7-16)19(30)21(35-23)28-12-9-17(29)26-22(28)31/h1-3,6-7,9,12,18-21,30H,4-5,8,10-11,13-15H2,(H,26,29,31)/t18?,19-,20+,21+,23+/m0/s1. The highest BCUT2D eigenvalue weighted by molar-refractivity contribution is 5.14. The fourth-order valence-corrected chi connectivity index (χ4v) is 4.45. The van der Waals surface area contributed by atoms with Gasteiger partial charge >= 0.3 is 5.69 Å². The van der Waals surface area contributed by atoms with Crippen LogP contribution in [0.15, 0.2) is 57.3 Å². The van der Waals surface area contributed by atoms with Crippen molar-refractivity contribution < 1.29 is 24.1 Å². The van der Waals surface area contributed by atoms with Gasteiger partial charge in [0.15, 0.2) is 12.5 Å². The number of nitrogens with zero attached hydrogens (tertiary/aromatic N) is 4. The lowest BCUT2D eigenvalue weighted by atomic mass is 9.92. The molecule has 2 aliphatic heterocycles. The topological polar surface area (TPSA) is 161 Å². The molecule has 5 atom stereocenters. The Hall–Kier alpha value is -2.99. The van der Waals surface area contributed by atoms with Crippen molar-refractivity contribution in [2.45, 2.75) is 62.6 Å². The van der Waals surface area contributed by atoms with Gasteiger partial charge in [0.05, 0.1) is 13.2 Å². The molecule has 2 aliphatic rings. The largest absolute Gasteiger partial charge is 0.386 e. The van der Waals surface area contributed by atoms with Crippen molar-refractivity contribution in [2.75, 3.05) is 19.8 Å². The lowest BCUT2D eigenvalue weighted by molar-refractivity contribution is -0.219. The average Bonchev–Trinajstić information content (AvgIpc) is 3.14. The number of H-pyrrole nitrogens is 1. The van der Waals surface area contributed by atoms with Gasteiger partial charge in [-0.15, -0.1) is 0 Å². The van der Waals surface area contributed by atoms with Crippen molar-refractivity contribution in [2.24, 2.45) is 5.11 Å². The summed E-state index contributed by atoms with van der Waals surface area (Å²) in [5, 5.41) is 15.0. The zero-order valence-corrected chi connectivity index (χ0v) is 19.2. The van der Waals surface area contributed by atoms with Crippen molar-refractivity contribution in [3.63, 3.8) is 0 Å². The van der Waals surface area contributed by atoms with Crippen LogP contribution < -0.4 is 11.2 Å². The van der Waals surface area contributed by atoms with E-state index in [-0.39, 0.29) is 26.2 Å². The molecule has 0 aliphatic carbocycles. The second kappa shape index (κ2) is 11.6. The lowest BCUT2D eigenvalue weighted by Crippen LogP contribution is -2.50. The second-order valence-electron chi connectivity index (χ2n) is 8.61. The Balaban J connectivity index is 1.65. The molecule has 1 unspecified atom stereocenters. The molecular formula is C23H29N5O7.